The normalized spacial score (nSPS) is 10.8. The molecule has 0 saturated heterocycles. The van der Waals surface area contributed by atoms with Crippen LogP contribution >= 0.6 is 69.6 Å². The Labute approximate surface area is 219 Å². The molecule has 3 N–H and O–H groups in total. The predicted molar refractivity (Wildman–Crippen MR) is 139 cm³/mol. The van der Waals surface area contributed by atoms with Gasteiger partial charge in [-0.15, -0.1) is 0 Å². The summed E-state index contributed by atoms with van der Waals surface area (Å²) >= 11 is 37.4. The molecule has 0 amide bonds. The Morgan fingerprint density at radius 3 is 1.67 bits per heavy atom. The molecule has 0 aliphatic carbocycles. The molecule has 0 radical (unpaired) electrons. The topological polar surface area (TPSA) is 80.0 Å². The van der Waals surface area contributed by atoms with Crippen LogP contribution in [-0.2, 0) is 0 Å². The Bertz CT molecular complexity index is 1300. The number of anilines is 6. The van der Waals surface area contributed by atoms with E-state index in [-0.39, 0.29) is 17.8 Å². The van der Waals surface area contributed by atoms with Gasteiger partial charge in [-0.05, 0) is 54.6 Å². The molecule has 0 fully saturated rings. The first-order chi connectivity index (χ1) is 15.7. The lowest BCUT2D eigenvalue weighted by Crippen LogP contribution is -2.17. The highest BCUT2D eigenvalue weighted by Gasteiger charge is 2.22. The number of hydrogen-bond acceptors (Lipinski definition) is 6. The van der Waals surface area contributed by atoms with Gasteiger partial charge < -0.3 is 11.1 Å². The molecule has 0 spiro atoms. The largest absolute Gasteiger partial charge is 0.368 e. The van der Waals surface area contributed by atoms with Crippen molar-refractivity contribution in [3.8, 4) is 0 Å². The van der Waals surface area contributed by atoms with Gasteiger partial charge in [0.25, 0.3) is 0 Å². The zero-order valence-electron chi connectivity index (χ0n) is 16.3. The maximum absolute atomic E-state index is 6.51. The smallest absolute Gasteiger partial charge is 0.241 e. The minimum atomic E-state index is -0.0484. The molecule has 12 heteroatoms. The van der Waals surface area contributed by atoms with Crippen LogP contribution in [-0.4, -0.2) is 15.0 Å². The van der Waals surface area contributed by atoms with E-state index in [4.69, 9.17) is 75.3 Å². The van der Waals surface area contributed by atoms with Crippen LogP contribution in [0.25, 0.3) is 0 Å². The van der Waals surface area contributed by atoms with Crippen molar-refractivity contribution in [1.82, 2.24) is 15.0 Å². The number of benzene rings is 3. The average Bonchev–Trinajstić information content (AvgIpc) is 2.73. The van der Waals surface area contributed by atoms with Gasteiger partial charge in [0.05, 0.1) is 32.1 Å². The summed E-state index contributed by atoms with van der Waals surface area (Å²) in [7, 11) is 0. The van der Waals surface area contributed by atoms with Gasteiger partial charge in [-0.2, -0.15) is 15.0 Å². The molecule has 3 aromatic carbocycles. The van der Waals surface area contributed by atoms with Crippen molar-refractivity contribution >= 4 is 105 Å². The molecule has 4 rings (SSSR count). The van der Waals surface area contributed by atoms with Crippen LogP contribution in [0.5, 0.6) is 0 Å². The number of nitrogens with two attached hydrogens (primary N) is 1. The summed E-state index contributed by atoms with van der Waals surface area (Å²) in [6.07, 6.45) is 0. The first-order valence-electron chi connectivity index (χ1n) is 9.15. The van der Waals surface area contributed by atoms with Crippen molar-refractivity contribution in [2.24, 2.45) is 0 Å². The van der Waals surface area contributed by atoms with E-state index >= 15 is 0 Å². The molecule has 0 saturated carbocycles. The van der Waals surface area contributed by atoms with E-state index in [0.717, 1.165) is 0 Å². The fourth-order valence-corrected chi connectivity index (χ4v) is 4.36. The van der Waals surface area contributed by atoms with Crippen LogP contribution < -0.4 is 16.0 Å². The van der Waals surface area contributed by atoms with Crippen LogP contribution in [0, 0.1) is 0 Å². The van der Waals surface area contributed by atoms with Crippen molar-refractivity contribution in [2.45, 2.75) is 0 Å². The third-order valence-corrected chi connectivity index (χ3v) is 5.94. The lowest BCUT2D eigenvalue weighted by molar-refractivity contribution is 1.03. The first kappa shape index (κ1) is 24.0. The van der Waals surface area contributed by atoms with E-state index < -0.39 is 0 Å². The summed E-state index contributed by atoms with van der Waals surface area (Å²) < 4.78 is 0. The Kier molecular flexibility index (Phi) is 7.24. The second kappa shape index (κ2) is 9.97. The minimum Gasteiger partial charge on any atom is -0.368 e. The second-order valence-corrected chi connectivity index (χ2v) is 9.12. The quantitative estimate of drug-likeness (QED) is 0.254. The summed E-state index contributed by atoms with van der Waals surface area (Å²) in [6.45, 7) is 0. The number of aromatic nitrogens is 3. The lowest BCUT2D eigenvalue weighted by Gasteiger charge is -2.25. The third kappa shape index (κ3) is 5.49. The zero-order valence-corrected chi connectivity index (χ0v) is 20.9. The van der Waals surface area contributed by atoms with Crippen molar-refractivity contribution in [1.29, 1.82) is 0 Å². The number of nitrogens with one attached hydrogen (secondary N) is 1. The standard InChI is InChI=1S/C21H12Cl6N6/c22-10-1-4-16(13(25)7-10)29-20-30-19(28)31-21(32-20)33(17-5-2-11(23)8-14(17)26)18-6-3-12(24)9-15(18)27/h1-9H,(H3,28,29,30,31,32). The molecule has 0 unspecified atom stereocenters. The molecule has 4 aromatic rings. The first-order valence-corrected chi connectivity index (χ1v) is 11.4. The van der Waals surface area contributed by atoms with Crippen molar-refractivity contribution < 1.29 is 0 Å². The highest BCUT2D eigenvalue weighted by molar-refractivity contribution is 6.38. The monoisotopic (exact) mass is 558 g/mol. The van der Waals surface area contributed by atoms with E-state index in [1.54, 1.807) is 59.5 Å². The maximum atomic E-state index is 6.51. The Morgan fingerprint density at radius 2 is 1.15 bits per heavy atom. The van der Waals surface area contributed by atoms with E-state index in [9.17, 15) is 0 Å². The van der Waals surface area contributed by atoms with Gasteiger partial charge in [0.1, 0.15) is 0 Å². The van der Waals surface area contributed by atoms with Crippen LogP contribution in [0.15, 0.2) is 54.6 Å². The fourth-order valence-electron chi connectivity index (χ4n) is 2.92. The van der Waals surface area contributed by atoms with Gasteiger partial charge in [-0.25, -0.2) is 0 Å². The zero-order chi connectivity index (χ0) is 23.7. The number of hydrogen-bond donors (Lipinski definition) is 2. The Balaban J connectivity index is 1.86. The molecule has 0 aliphatic rings. The highest BCUT2D eigenvalue weighted by Crippen LogP contribution is 2.42. The van der Waals surface area contributed by atoms with Crippen LogP contribution in [0.4, 0.5) is 34.9 Å². The van der Waals surface area contributed by atoms with Crippen molar-refractivity contribution in [3.05, 3.63) is 84.7 Å². The van der Waals surface area contributed by atoms with Crippen molar-refractivity contribution in [2.75, 3.05) is 16.0 Å². The molecule has 1 heterocycles. The van der Waals surface area contributed by atoms with E-state index in [1.165, 1.54) is 0 Å². The molecule has 0 bridgehead atoms. The highest BCUT2D eigenvalue weighted by atomic mass is 35.5. The molecule has 168 valence electrons. The van der Waals surface area contributed by atoms with Crippen LogP contribution in [0.3, 0.4) is 0 Å². The van der Waals surface area contributed by atoms with Crippen molar-refractivity contribution in [3.63, 3.8) is 0 Å². The molecule has 33 heavy (non-hydrogen) atoms. The van der Waals surface area contributed by atoms with Crippen LogP contribution in [0.1, 0.15) is 0 Å². The number of nitrogens with zero attached hydrogens (tertiary/aromatic N) is 4. The average molecular weight is 561 g/mol. The summed E-state index contributed by atoms with van der Waals surface area (Å²) in [6, 6.07) is 14.9. The summed E-state index contributed by atoms with van der Waals surface area (Å²) in [4.78, 5) is 14.6. The summed E-state index contributed by atoms with van der Waals surface area (Å²) in [5, 5.41) is 5.47. The van der Waals surface area contributed by atoms with Gasteiger partial charge in [-0.3, -0.25) is 4.90 Å². The van der Waals surface area contributed by atoms with E-state index in [2.05, 4.69) is 20.3 Å². The van der Waals surface area contributed by atoms with Gasteiger partial charge in [-0.1, -0.05) is 69.6 Å². The lowest BCUT2D eigenvalue weighted by atomic mass is 10.2. The number of nitrogen functional groups attached to an aromatic ring is 1. The maximum Gasteiger partial charge on any atom is 0.241 e. The van der Waals surface area contributed by atoms with Gasteiger partial charge in [0.2, 0.25) is 17.8 Å². The summed E-state index contributed by atoms with van der Waals surface area (Å²) in [5.41, 5.74) is 7.54. The van der Waals surface area contributed by atoms with Gasteiger partial charge in [0.15, 0.2) is 0 Å². The van der Waals surface area contributed by atoms with Crippen LogP contribution in [0.2, 0.25) is 30.1 Å². The van der Waals surface area contributed by atoms with Gasteiger partial charge in [0, 0.05) is 15.1 Å². The molecule has 0 atom stereocenters. The SMILES string of the molecule is Nc1nc(Nc2ccc(Cl)cc2Cl)nc(N(c2ccc(Cl)cc2Cl)c2ccc(Cl)cc2Cl)n1. The minimum absolute atomic E-state index is 0.0484. The van der Waals surface area contributed by atoms with E-state index in [0.29, 0.717) is 47.2 Å². The molecule has 6 nitrogen and oxygen atoms in total. The Hall–Kier alpha value is -2.19. The molecule has 1 aromatic heterocycles. The molecular formula is C21H12Cl6N6. The Morgan fingerprint density at radius 1 is 0.636 bits per heavy atom. The number of halogens is 6. The van der Waals surface area contributed by atoms with E-state index in [1.807, 2.05) is 0 Å². The summed E-state index contributed by atoms with van der Waals surface area (Å²) in [5.74, 6) is 0.234. The fraction of sp³-hybridized carbons (Fsp3) is 0. The molecule has 0 aliphatic heterocycles. The molecular weight excluding hydrogens is 549 g/mol. The third-order valence-electron chi connectivity index (χ3n) is 4.32. The second-order valence-electron chi connectivity index (χ2n) is 6.59. The number of rotatable bonds is 5. The van der Waals surface area contributed by atoms with Gasteiger partial charge >= 0.3 is 0 Å². The predicted octanol–water partition coefficient (Wildman–Crippen LogP) is 8.59.